The van der Waals surface area contributed by atoms with E-state index in [4.69, 9.17) is 20.8 Å². The van der Waals surface area contributed by atoms with Crippen LogP contribution < -0.4 is 10.4 Å². The highest BCUT2D eigenvalue weighted by atomic mass is 35.5. The molecule has 2 heterocycles. The van der Waals surface area contributed by atoms with Gasteiger partial charge in [-0.3, -0.25) is 0 Å². The maximum atomic E-state index is 12.7. The second-order valence-corrected chi connectivity index (χ2v) is 5.15. The van der Waals surface area contributed by atoms with Crippen LogP contribution in [0.5, 0.6) is 5.75 Å². The summed E-state index contributed by atoms with van der Waals surface area (Å²) in [5.74, 6) is 0.178. The molecule has 0 bridgehead atoms. The Hall–Kier alpha value is -2.61. The van der Waals surface area contributed by atoms with Gasteiger partial charge in [-0.2, -0.15) is 13.2 Å². The van der Waals surface area contributed by atoms with Gasteiger partial charge in [-0.05, 0) is 18.2 Å². The second kappa shape index (κ2) is 5.79. The van der Waals surface area contributed by atoms with Crippen molar-refractivity contribution >= 4 is 22.5 Å². The molecule has 0 amide bonds. The Labute approximate surface area is 137 Å². The molecular formula is C15H8ClF3N2O3. The van der Waals surface area contributed by atoms with E-state index in [-0.39, 0.29) is 27.5 Å². The lowest BCUT2D eigenvalue weighted by atomic mass is 10.2. The van der Waals surface area contributed by atoms with E-state index < -0.39 is 17.4 Å². The third kappa shape index (κ3) is 2.92. The van der Waals surface area contributed by atoms with Crippen molar-refractivity contribution in [3.8, 4) is 17.3 Å². The van der Waals surface area contributed by atoms with Crippen LogP contribution in [0.15, 0.2) is 39.7 Å². The number of hydrogen-bond donors (Lipinski definition) is 0. The molecule has 0 aliphatic carbocycles. The summed E-state index contributed by atoms with van der Waals surface area (Å²) in [6, 6.07) is 5.22. The van der Waals surface area contributed by atoms with Gasteiger partial charge in [-0.25, -0.2) is 14.8 Å². The quantitative estimate of drug-likeness (QED) is 0.696. The predicted molar refractivity (Wildman–Crippen MR) is 80.1 cm³/mol. The minimum absolute atomic E-state index is 0.161. The molecule has 0 N–H and O–H groups in total. The molecule has 24 heavy (non-hydrogen) atoms. The van der Waals surface area contributed by atoms with E-state index in [2.05, 4.69) is 9.97 Å². The first-order chi connectivity index (χ1) is 11.3. The van der Waals surface area contributed by atoms with Crippen molar-refractivity contribution in [2.75, 3.05) is 7.11 Å². The minimum Gasteiger partial charge on any atom is -0.497 e. The minimum atomic E-state index is -4.58. The normalized spacial score (nSPS) is 11.7. The second-order valence-electron chi connectivity index (χ2n) is 4.74. The molecule has 0 radical (unpaired) electrons. The van der Waals surface area contributed by atoms with Gasteiger partial charge in [0, 0.05) is 12.3 Å². The number of benzene rings is 1. The van der Waals surface area contributed by atoms with E-state index in [1.54, 1.807) is 6.07 Å². The molecular weight excluding hydrogens is 349 g/mol. The average molecular weight is 357 g/mol. The summed E-state index contributed by atoms with van der Waals surface area (Å²) in [6.07, 6.45) is -3.99. The standard InChI is InChI=1S/C15H8ClF3N2O3/c1-23-8-2-3-9-11(5-8)21-13(24-14(9)22)12-10(16)4-7(6-20-12)15(17,18)19/h2-6H,1H3. The molecule has 0 unspecified atom stereocenters. The fourth-order valence-corrected chi connectivity index (χ4v) is 2.28. The number of ether oxygens (including phenoxy) is 1. The van der Waals surface area contributed by atoms with Crippen LogP contribution in [0.1, 0.15) is 5.56 Å². The number of aromatic nitrogens is 2. The number of hydrogen-bond acceptors (Lipinski definition) is 5. The largest absolute Gasteiger partial charge is 0.497 e. The van der Waals surface area contributed by atoms with Gasteiger partial charge < -0.3 is 9.15 Å². The summed E-state index contributed by atoms with van der Waals surface area (Å²) < 4.78 is 48.0. The molecule has 5 nitrogen and oxygen atoms in total. The summed E-state index contributed by atoms with van der Waals surface area (Å²) in [7, 11) is 1.45. The van der Waals surface area contributed by atoms with E-state index in [1.807, 2.05) is 0 Å². The summed E-state index contributed by atoms with van der Waals surface area (Å²) in [6.45, 7) is 0. The number of nitrogens with zero attached hydrogens (tertiary/aromatic N) is 2. The van der Waals surface area contributed by atoms with E-state index in [0.29, 0.717) is 18.0 Å². The van der Waals surface area contributed by atoms with Gasteiger partial charge in [0.05, 0.1) is 28.6 Å². The van der Waals surface area contributed by atoms with Gasteiger partial charge >= 0.3 is 11.8 Å². The van der Waals surface area contributed by atoms with E-state index in [0.717, 1.165) is 0 Å². The van der Waals surface area contributed by atoms with Gasteiger partial charge in [0.15, 0.2) is 0 Å². The first-order valence-corrected chi connectivity index (χ1v) is 6.89. The molecule has 0 saturated heterocycles. The van der Waals surface area contributed by atoms with Crippen LogP contribution in [0, 0.1) is 0 Å². The third-order valence-corrected chi connectivity index (χ3v) is 3.50. The van der Waals surface area contributed by atoms with Crippen LogP contribution in [0.2, 0.25) is 5.02 Å². The highest BCUT2D eigenvalue weighted by Crippen LogP contribution is 2.33. The zero-order chi connectivity index (χ0) is 17.5. The van der Waals surface area contributed by atoms with E-state index >= 15 is 0 Å². The molecule has 0 atom stereocenters. The Balaban J connectivity index is 2.17. The number of pyridine rings is 1. The summed E-state index contributed by atoms with van der Waals surface area (Å²) in [5.41, 5.74) is -1.64. The van der Waals surface area contributed by atoms with Crippen molar-refractivity contribution in [1.29, 1.82) is 0 Å². The van der Waals surface area contributed by atoms with Crippen LogP contribution in [0.25, 0.3) is 22.5 Å². The molecule has 1 aromatic carbocycles. The number of alkyl halides is 3. The molecule has 0 aliphatic heterocycles. The van der Waals surface area contributed by atoms with Crippen LogP contribution in [0.3, 0.4) is 0 Å². The first-order valence-electron chi connectivity index (χ1n) is 6.51. The highest BCUT2D eigenvalue weighted by molar-refractivity contribution is 6.32. The van der Waals surface area contributed by atoms with Crippen molar-refractivity contribution in [3.05, 3.63) is 51.5 Å². The third-order valence-electron chi connectivity index (χ3n) is 3.21. The molecule has 0 saturated carbocycles. The van der Waals surface area contributed by atoms with Crippen LogP contribution in [-0.2, 0) is 6.18 Å². The predicted octanol–water partition coefficient (Wildman–Crippen LogP) is 3.93. The molecule has 0 aliphatic rings. The molecule has 0 spiro atoms. The molecule has 2 aromatic heterocycles. The Bertz CT molecular complexity index is 986. The maximum Gasteiger partial charge on any atom is 0.417 e. The Morgan fingerprint density at radius 1 is 1.25 bits per heavy atom. The smallest absolute Gasteiger partial charge is 0.417 e. The average Bonchev–Trinajstić information content (AvgIpc) is 2.53. The first kappa shape index (κ1) is 16.3. The molecule has 124 valence electrons. The van der Waals surface area contributed by atoms with Crippen LogP contribution >= 0.6 is 11.6 Å². The number of halogens is 4. The van der Waals surface area contributed by atoms with Crippen LogP contribution in [-0.4, -0.2) is 17.1 Å². The lowest BCUT2D eigenvalue weighted by Gasteiger charge is -2.08. The number of rotatable bonds is 2. The lowest BCUT2D eigenvalue weighted by Crippen LogP contribution is -2.07. The van der Waals surface area contributed by atoms with E-state index in [1.165, 1.54) is 19.2 Å². The maximum absolute atomic E-state index is 12.7. The molecule has 9 heteroatoms. The van der Waals surface area contributed by atoms with Crippen molar-refractivity contribution in [1.82, 2.24) is 9.97 Å². The van der Waals surface area contributed by atoms with Gasteiger partial charge in [-0.15, -0.1) is 0 Å². The van der Waals surface area contributed by atoms with Gasteiger partial charge in [0.2, 0.25) is 0 Å². The monoisotopic (exact) mass is 356 g/mol. The topological polar surface area (TPSA) is 65.2 Å². The Morgan fingerprint density at radius 3 is 2.62 bits per heavy atom. The van der Waals surface area contributed by atoms with Crippen molar-refractivity contribution in [3.63, 3.8) is 0 Å². The highest BCUT2D eigenvalue weighted by Gasteiger charge is 2.32. The number of fused-ring (bicyclic) bond motifs is 1. The summed E-state index contributed by atoms with van der Waals surface area (Å²) >= 11 is 5.84. The Morgan fingerprint density at radius 2 is 2.00 bits per heavy atom. The Kier molecular flexibility index (Phi) is 3.92. The van der Waals surface area contributed by atoms with Crippen molar-refractivity contribution in [2.45, 2.75) is 6.18 Å². The summed E-state index contributed by atoms with van der Waals surface area (Å²) in [4.78, 5) is 19.7. The van der Waals surface area contributed by atoms with E-state index in [9.17, 15) is 18.0 Å². The summed E-state index contributed by atoms with van der Waals surface area (Å²) in [5, 5.41) is -0.134. The zero-order valence-electron chi connectivity index (χ0n) is 12.0. The van der Waals surface area contributed by atoms with Gasteiger partial charge in [-0.1, -0.05) is 11.6 Å². The van der Waals surface area contributed by atoms with Crippen LogP contribution in [0.4, 0.5) is 13.2 Å². The molecule has 3 aromatic rings. The fourth-order valence-electron chi connectivity index (χ4n) is 2.03. The lowest BCUT2D eigenvalue weighted by molar-refractivity contribution is -0.137. The SMILES string of the molecule is COc1ccc2c(=O)oc(-c3ncc(C(F)(F)F)cc3Cl)nc2c1. The van der Waals surface area contributed by atoms with Crippen molar-refractivity contribution < 1.29 is 22.3 Å². The number of methoxy groups -OCH3 is 1. The molecule has 3 rings (SSSR count). The van der Waals surface area contributed by atoms with Gasteiger partial charge in [0.25, 0.3) is 5.89 Å². The van der Waals surface area contributed by atoms with Crippen molar-refractivity contribution in [2.24, 2.45) is 0 Å². The fraction of sp³-hybridized carbons (Fsp3) is 0.133. The zero-order valence-corrected chi connectivity index (χ0v) is 12.8. The van der Waals surface area contributed by atoms with Gasteiger partial charge in [0.1, 0.15) is 11.4 Å². The molecule has 0 fully saturated rings.